The molecule has 1 heterocycles. The van der Waals surface area contributed by atoms with Crippen LogP contribution in [0.5, 0.6) is 0 Å². The number of amides is 2. The predicted molar refractivity (Wildman–Crippen MR) is 151 cm³/mol. The lowest BCUT2D eigenvalue weighted by Crippen LogP contribution is -2.54. The van der Waals surface area contributed by atoms with E-state index < -0.39 is 15.6 Å². The van der Waals surface area contributed by atoms with Crippen molar-refractivity contribution in [3.63, 3.8) is 0 Å². The summed E-state index contributed by atoms with van der Waals surface area (Å²) >= 11 is 0. The molecular weight excluding hydrogens is 514 g/mol. The molecule has 1 aliphatic carbocycles. The Morgan fingerprint density at radius 1 is 0.974 bits per heavy atom. The van der Waals surface area contributed by atoms with E-state index in [1.54, 1.807) is 35.2 Å². The summed E-state index contributed by atoms with van der Waals surface area (Å²) in [5.74, 6) is -0.251. The fourth-order valence-corrected chi connectivity index (χ4v) is 6.96. The molecule has 3 aromatic carbocycles. The van der Waals surface area contributed by atoms with Crippen molar-refractivity contribution < 1.29 is 22.7 Å². The summed E-state index contributed by atoms with van der Waals surface area (Å²) < 4.78 is 36.0. The third kappa shape index (κ3) is 5.65. The van der Waals surface area contributed by atoms with Gasteiger partial charge in [0.15, 0.2) is 0 Å². The van der Waals surface area contributed by atoms with Crippen LogP contribution in [0, 0.1) is 12.3 Å². The molecule has 2 N–H and O–H groups in total. The van der Waals surface area contributed by atoms with Crippen LogP contribution in [-0.2, 0) is 14.8 Å². The fourth-order valence-electron chi connectivity index (χ4n) is 5.38. The highest BCUT2D eigenvalue weighted by Gasteiger charge is 2.54. The highest BCUT2D eigenvalue weighted by Crippen LogP contribution is 2.52. The molecule has 1 unspecified atom stereocenters. The van der Waals surface area contributed by atoms with E-state index in [4.69, 9.17) is 4.74 Å². The number of ether oxygens (including phenoxy) is 1. The van der Waals surface area contributed by atoms with Gasteiger partial charge in [0.2, 0.25) is 10.0 Å². The van der Waals surface area contributed by atoms with Crippen LogP contribution < -0.4 is 10.0 Å². The predicted octanol–water partition coefficient (Wildman–Crippen LogP) is 5.47. The number of carbonyl (C=O) groups is 2. The second-order valence-corrected chi connectivity index (χ2v) is 13.3. The fraction of sp³-hybridized carbons (Fsp3) is 0.400. The first-order valence-electron chi connectivity index (χ1n) is 13.3. The normalized spacial score (nSPS) is 18.7. The molecule has 0 aromatic heterocycles. The van der Waals surface area contributed by atoms with E-state index in [0.29, 0.717) is 41.5 Å². The first-order valence-corrected chi connectivity index (χ1v) is 14.8. The van der Waals surface area contributed by atoms with Crippen molar-refractivity contribution in [2.45, 2.75) is 63.5 Å². The highest BCUT2D eigenvalue weighted by atomic mass is 32.2. The van der Waals surface area contributed by atoms with Crippen molar-refractivity contribution in [2.24, 2.45) is 5.41 Å². The van der Waals surface area contributed by atoms with Crippen molar-refractivity contribution in [1.82, 2.24) is 9.62 Å². The van der Waals surface area contributed by atoms with Gasteiger partial charge in [0.25, 0.3) is 5.91 Å². The molecule has 8 nitrogen and oxygen atoms in total. The summed E-state index contributed by atoms with van der Waals surface area (Å²) in [5, 5.41) is 4.13. The second-order valence-electron chi connectivity index (χ2n) is 11.7. The topological polar surface area (TPSA) is 105 Å². The van der Waals surface area contributed by atoms with Gasteiger partial charge in [-0.1, -0.05) is 42.5 Å². The molecule has 2 aliphatic rings. The van der Waals surface area contributed by atoms with E-state index in [1.807, 2.05) is 58.0 Å². The van der Waals surface area contributed by atoms with Gasteiger partial charge in [0.05, 0.1) is 4.90 Å². The lowest BCUT2D eigenvalue weighted by atomic mass is 9.90. The smallest absolute Gasteiger partial charge is 0.410 e. The van der Waals surface area contributed by atoms with E-state index in [1.165, 1.54) is 0 Å². The van der Waals surface area contributed by atoms with Gasteiger partial charge < -0.3 is 15.0 Å². The van der Waals surface area contributed by atoms with Gasteiger partial charge in [-0.25, -0.2) is 17.9 Å². The van der Waals surface area contributed by atoms with Gasteiger partial charge >= 0.3 is 6.09 Å². The summed E-state index contributed by atoms with van der Waals surface area (Å²) in [5.41, 5.74) is 1.10. The van der Waals surface area contributed by atoms with Crippen LogP contribution in [0.25, 0.3) is 10.8 Å². The average molecular weight is 550 g/mol. The van der Waals surface area contributed by atoms with Gasteiger partial charge in [-0.3, -0.25) is 4.79 Å². The Morgan fingerprint density at radius 2 is 1.64 bits per heavy atom. The summed E-state index contributed by atoms with van der Waals surface area (Å²) in [4.78, 5) is 27.5. The number of carbonyl (C=O) groups excluding carboxylic acids is 2. The number of aryl methyl sites for hydroxylation is 1. The number of piperidine rings is 1. The minimum Gasteiger partial charge on any atom is -0.444 e. The van der Waals surface area contributed by atoms with Crippen LogP contribution >= 0.6 is 0 Å². The molecule has 9 heteroatoms. The first kappa shape index (κ1) is 27.1. The molecule has 0 radical (unpaired) electrons. The molecule has 2 fully saturated rings. The van der Waals surface area contributed by atoms with Gasteiger partial charge in [0.1, 0.15) is 5.60 Å². The van der Waals surface area contributed by atoms with Crippen molar-refractivity contribution in [2.75, 3.05) is 18.4 Å². The van der Waals surface area contributed by atoms with Crippen molar-refractivity contribution in [1.29, 1.82) is 0 Å². The Labute approximate surface area is 229 Å². The lowest BCUT2D eigenvalue weighted by Gasteiger charge is -2.39. The number of likely N-dealkylation sites (tertiary alicyclic amines) is 1. The van der Waals surface area contributed by atoms with Crippen LogP contribution in [0.4, 0.5) is 10.5 Å². The summed E-state index contributed by atoms with van der Waals surface area (Å²) in [6.07, 6.45) is 1.86. The summed E-state index contributed by atoms with van der Waals surface area (Å²) in [6, 6.07) is 17.4. The largest absolute Gasteiger partial charge is 0.444 e. The number of hydrogen-bond acceptors (Lipinski definition) is 5. The van der Waals surface area contributed by atoms with E-state index in [-0.39, 0.29) is 28.4 Å². The number of benzene rings is 3. The molecule has 1 spiro atoms. The maximum absolute atomic E-state index is 13.7. The Hall–Kier alpha value is -3.43. The van der Waals surface area contributed by atoms with Crippen LogP contribution in [0.15, 0.2) is 65.6 Å². The summed E-state index contributed by atoms with van der Waals surface area (Å²) in [6.45, 7) is 8.28. The Morgan fingerprint density at radius 3 is 2.31 bits per heavy atom. The minimum absolute atomic E-state index is 0.164. The first-order chi connectivity index (χ1) is 18.4. The quantitative estimate of drug-likeness (QED) is 0.439. The third-order valence-electron chi connectivity index (χ3n) is 7.59. The zero-order valence-electron chi connectivity index (χ0n) is 22.8. The zero-order valence-corrected chi connectivity index (χ0v) is 23.6. The molecule has 2 amide bonds. The van der Waals surface area contributed by atoms with E-state index >= 15 is 0 Å². The van der Waals surface area contributed by atoms with Crippen LogP contribution in [0.1, 0.15) is 56.0 Å². The molecule has 5 rings (SSSR count). The summed E-state index contributed by atoms with van der Waals surface area (Å²) in [7, 11) is -3.89. The van der Waals surface area contributed by atoms with E-state index in [9.17, 15) is 18.0 Å². The van der Waals surface area contributed by atoms with E-state index in [2.05, 4.69) is 10.0 Å². The lowest BCUT2D eigenvalue weighted by molar-refractivity contribution is 0.0119. The van der Waals surface area contributed by atoms with Crippen molar-refractivity contribution in [3.8, 4) is 0 Å². The standard InChI is InChI=1S/C30H35N3O5S/c1-20-9-5-6-10-21(20)27(34)31-24-13-14-25(23-12-8-7-11-22(23)24)39(36,37)32-26-15-18-33(19-30(26)16-17-30)28(35)38-29(2,3)4/h5-14,26,32H,15-19H2,1-4H3,(H,31,34). The monoisotopic (exact) mass is 549 g/mol. The van der Waals surface area contributed by atoms with Crippen molar-refractivity contribution in [3.05, 3.63) is 71.8 Å². The van der Waals surface area contributed by atoms with E-state index in [0.717, 1.165) is 18.4 Å². The molecule has 1 saturated heterocycles. The Kier molecular flexibility index (Phi) is 6.93. The zero-order chi connectivity index (χ0) is 28.0. The van der Waals surface area contributed by atoms with Gasteiger partial charge in [-0.05, 0) is 70.7 Å². The SMILES string of the molecule is Cc1ccccc1C(=O)Nc1ccc(S(=O)(=O)NC2CCN(C(=O)OC(C)(C)C)CC23CC3)c2ccccc12. The number of sulfonamides is 1. The third-order valence-corrected chi connectivity index (χ3v) is 9.12. The van der Waals surface area contributed by atoms with Crippen LogP contribution in [0.2, 0.25) is 0 Å². The number of fused-ring (bicyclic) bond motifs is 1. The van der Waals surface area contributed by atoms with Gasteiger partial charge in [-0.2, -0.15) is 0 Å². The molecule has 206 valence electrons. The number of nitrogens with one attached hydrogen (secondary N) is 2. The number of anilines is 1. The molecule has 1 saturated carbocycles. The highest BCUT2D eigenvalue weighted by molar-refractivity contribution is 7.89. The maximum atomic E-state index is 13.7. The molecule has 39 heavy (non-hydrogen) atoms. The van der Waals surface area contributed by atoms with Gasteiger partial charge in [0, 0.05) is 46.6 Å². The Bertz CT molecular complexity index is 1540. The maximum Gasteiger partial charge on any atom is 0.410 e. The molecule has 3 aromatic rings. The molecular formula is C30H35N3O5S. The number of rotatable bonds is 5. The Balaban J connectivity index is 1.37. The second kappa shape index (κ2) is 9.95. The number of nitrogens with zero attached hydrogens (tertiary/aromatic N) is 1. The van der Waals surface area contributed by atoms with Crippen molar-refractivity contribution >= 4 is 38.5 Å². The van der Waals surface area contributed by atoms with Gasteiger partial charge in [-0.15, -0.1) is 0 Å². The molecule has 1 aliphatic heterocycles. The number of hydrogen-bond donors (Lipinski definition) is 2. The molecule has 0 bridgehead atoms. The minimum atomic E-state index is -3.89. The average Bonchev–Trinajstić information content (AvgIpc) is 3.64. The van der Waals surface area contributed by atoms with Crippen LogP contribution in [-0.4, -0.2) is 50.1 Å². The van der Waals surface area contributed by atoms with Crippen LogP contribution in [0.3, 0.4) is 0 Å². The molecule has 1 atom stereocenters.